The van der Waals surface area contributed by atoms with E-state index in [0.29, 0.717) is 6.54 Å². The van der Waals surface area contributed by atoms with Crippen molar-refractivity contribution in [3.63, 3.8) is 0 Å². The average Bonchev–Trinajstić information content (AvgIpc) is 2.41. The van der Waals surface area contributed by atoms with Gasteiger partial charge in [0.1, 0.15) is 11.6 Å². The highest BCUT2D eigenvalue weighted by Gasteiger charge is 2.38. The molecule has 21 heavy (non-hydrogen) atoms. The molecule has 2 atom stereocenters. The van der Waals surface area contributed by atoms with Crippen LogP contribution in [0.25, 0.3) is 0 Å². The minimum Gasteiger partial charge on any atom is -0.481 e. The van der Waals surface area contributed by atoms with Crippen LogP contribution < -0.4 is 0 Å². The van der Waals surface area contributed by atoms with E-state index in [9.17, 15) is 18.4 Å². The van der Waals surface area contributed by atoms with Gasteiger partial charge in [0.25, 0.3) is 0 Å². The Morgan fingerprint density at radius 3 is 2.43 bits per heavy atom. The quantitative estimate of drug-likeness (QED) is 0.882. The fourth-order valence-corrected chi connectivity index (χ4v) is 2.60. The van der Waals surface area contributed by atoms with Crippen LogP contribution >= 0.6 is 0 Å². The van der Waals surface area contributed by atoms with Gasteiger partial charge in [0.15, 0.2) is 0 Å². The number of carbonyl (C=O) groups is 2. The van der Waals surface area contributed by atoms with E-state index in [1.165, 1.54) is 6.07 Å². The summed E-state index contributed by atoms with van der Waals surface area (Å²) in [5, 5.41) is 18.1. The number of nitrogens with zero attached hydrogens (tertiary/aromatic N) is 1. The fraction of sp³-hybridized carbons (Fsp3) is 0.429. The van der Waals surface area contributed by atoms with Crippen LogP contribution in [0.2, 0.25) is 0 Å². The molecule has 0 saturated carbocycles. The molecule has 2 unspecified atom stereocenters. The Labute approximate surface area is 119 Å². The number of likely N-dealkylation sites (tertiary alicyclic amines) is 1. The molecule has 1 aliphatic heterocycles. The molecular formula is C14H15F2NO4. The molecule has 0 aromatic heterocycles. The van der Waals surface area contributed by atoms with Crippen LogP contribution in [0.3, 0.4) is 0 Å². The predicted octanol–water partition coefficient (Wildman–Crippen LogP) is 1.57. The Morgan fingerprint density at radius 2 is 1.86 bits per heavy atom. The van der Waals surface area contributed by atoms with E-state index >= 15 is 0 Å². The first-order valence-corrected chi connectivity index (χ1v) is 6.50. The molecule has 0 radical (unpaired) electrons. The van der Waals surface area contributed by atoms with E-state index in [0.717, 1.165) is 12.1 Å². The van der Waals surface area contributed by atoms with Crippen LogP contribution in [0.5, 0.6) is 0 Å². The third kappa shape index (κ3) is 3.55. The number of hydrogen-bond donors (Lipinski definition) is 2. The lowest BCUT2D eigenvalue weighted by Crippen LogP contribution is -2.46. The molecule has 0 bridgehead atoms. The number of benzene rings is 1. The first-order chi connectivity index (χ1) is 9.88. The summed E-state index contributed by atoms with van der Waals surface area (Å²) in [7, 11) is 0. The van der Waals surface area contributed by atoms with Crippen LogP contribution in [0.4, 0.5) is 8.78 Å². The van der Waals surface area contributed by atoms with Gasteiger partial charge in [0.2, 0.25) is 0 Å². The molecule has 1 saturated heterocycles. The lowest BCUT2D eigenvalue weighted by atomic mass is 9.85. The zero-order valence-corrected chi connectivity index (χ0v) is 11.1. The number of carboxylic acid groups (broad SMARTS) is 2. The predicted molar refractivity (Wildman–Crippen MR) is 68.5 cm³/mol. The summed E-state index contributed by atoms with van der Waals surface area (Å²) in [6.07, 6.45) is 0.190. The van der Waals surface area contributed by atoms with Gasteiger partial charge >= 0.3 is 11.9 Å². The standard InChI is InChI=1S/C14H15F2NO4/c15-9-2-1-8(12(16)5-9)6-17-4-3-10(13(18)19)11(7-17)14(20)21/h1-2,5,10-11H,3-4,6-7H2,(H,18,19)(H,20,21). The molecule has 7 heteroatoms. The SMILES string of the molecule is O=C(O)C1CCN(Cc2ccc(F)cc2F)CC1C(=O)O. The van der Waals surface area contributed by atoms with E-state index in [-0.39, 0.29) is 25.1 Å². The highest BCUT2D eigenvalue weighted by atomic mass is 19.1. The van der Waals surface area contributed by atoms with Crippen LogP contribution in [-0.2, 0) is 16.1 Å². The van der Waals surface area contributed by atoms with E-state index in [1.807, 2.05) is 0 Å². The molecule has 1 aromatic rings. The van der Waals surface area contributed by atoms with Gasteiger partial charge in [-0.05, 0) is 19.0 Å². The molecule has 1 aliphatic rings. The summed E-state index contributed by atoms with van der Waals surface area (Å²) in [5.41, 5.74) is 0.259. The van der Waals surface area contributed by atoms with Crippen molar-refractivity contribution in [1.82, 2.24) is 4.90 Å². The number of hydrogen-bond acceptors (Lipinski definition) is 3. The minimum atomic E-state index is -1.17. The van der Waals surface area contributed by atoms with Crippen LogP contribution in [0.15, 0.2) is 18.2 Å². The number of rotatable bonds is 4. The van der Waals surface area contributed by atoms with Gasteiger partial charge in [-0.25, -0.2) is 8.78 Å². The van der Waals surface area contributed by atoms with Crippen molar-refractivity contribution in [2.24, 2.45) is 11.8 Å². The second-order valence-corrected chi connectivity index (χ2v) is 5.15. The molecule has 1 heterocycles. The monoisotopic (exact) mass is 299 g/mol. The van der Waals surface area contributed by atoms with Crippen molar-refractivity contribution in [2.75, 3.05) is 13.1 Å². The van der Waals surface area contributed by atoms with E-state index in [2.05, 4.69) is 0 Å². The van der Waals surface area contributed by atoms with Gasteiger partial charge in [0, 0.05) is 24.7 Å². The zero-order chi connectivity index (χ0) is 15.6. The van der Waals surface area contributed by atoms with E-state index < -0.39 is 35.4 Å². The van der Waals surface area contributed by atoms with Crippen molar-refractivity contribution < 1.29 is 28.6 Å². The number of aliphatic carboxylic acids is 2. The third-order valence-electron chi connectivity index (χ3n) is 3.74. The smallest absolute Gasteiger partial charge is 0.308 e. The highest BCUT2D eigenvalue weighted by molar-refractivity contribution is 5.80. The van der Waals surface area contributed by atoms with Crippen molar-refractivity contribution in [3.8, 4) is 0 Å². The highest BCUT2D eigenvalue weighted by Crippen LogP contribution is 2.26. The van der Waals surface area contributed by atoms with Crippen molar-refractivity contribution in [2.45, 2.75) is 13.0 Å². The first kappa shape index (κ1) is 15.4. The first-order valence-electron chi connectivity index (χ1n) is 6.50. The normalized spacial score (nSPS) is 23.0. The number of piperidine rings is 1. The fourth-order valence-electron chi connectivity index (χ4n) is 2.60. The van der Waals surface area contributed by atoms with E-state index in [4.69, 9.17) is 10.2 Å². The Kier molecular flexibility index (Phi) is 4.52. The zero-order valence-electron chi connectivity index (χ0n) is 11.1. The molecular weight excluding hydrogens is 284 g/mol. The molecule has 0 amide bonds. The average molecular weight is 299 g/mol. The molecule has 5 nitrogen and oxygen atoms in total. The second-order valence-electron chi connectivity index (χ2n) is 5.15. The van der Waals surface area contributed by atoms with Gasteiger partial charge < -0.3 is 10.2 Å². The molecule has 2 rings (SSSR count). The van der Waals surface area contributed by atoms with Crippen LogP contribution in [0.1, 0.15) is 12.0 Å². The van der Waals surface area contributed by atoms with Gasteiger partial charge in [-0.1, -0.05) is 6.07 Å². The molecule has 1 aromatic carbocycles. The second kappa shape index (κ2) is 6.17. The lowest BCUT2D eigenvalue weighted by Gasteiger charge is -2.34. The molecule has 0 aliphatic carbocycles. The maximum atomic E-state index is 13.6. The van der Waals surface area contributed by atoms with Gasteiger partial charge in [-0.2, -0.15) is 0 Å². The van der Waals surface area contributed by atoms with Crippen LogP contribution in [0, 0.1) is 23.5 Å². The van der Waals surface area contributed by atoms with Gasteiger partial charge in [0.05, 0.1) is 11.8 Å². The topological polar surface area (TPSA) is 77.8 Å². The molecule has 114 valence electrons. The summed E-state index contributed by atoms with van der Waals surface area (Å²) in [6.45, 7) is 0.517. The Bertz CT molecular complexity index is 564. The Morgan fingerprint density at radius 1 is 1.19 bits per heavy atom. The summed E-state index contributed by atoms with van der Waals surface area (Å²) >= 11 is 0. The summed E-state index contributed by atoms with van der Waals surface area (Å²) in [4.78, 5) is 23.9. The van der Waals surface area contributed by atoms with Crippen molar-refractivity contribution >= 4 is 11.9 Å². The molecule has 1 fully saturated rings. The maximum absolute atomic E-state index is 13.6. The van der Waals surface area contributed by atoms with Crippen molar-refractivity contribution in [3.05, 3.63) is 35.4 Å². The van der Waals surface area contributed by atoms with Gasteiger partial charge in [-0.3, -0.25) is 14.5 Å². The van der Waals surface area contributed by atoms with Crippen LogP contribution in [-0.4, -0.2) is 40.1 Å². The van der Waals surface area contributed by atoms with Gasteiger partial charge in [-0.15, -0.1) is 0 Å². The third-order valence-corrected chi connectivity index (χ3v) is 3.74. The molecule has 0 spiro atoms. The maximum Gasteiger partial charge on any atom is 0.308 e. The minimum absolute atomic E-state index is 0.0309. The number of carboxylic acids is 2. The lowest BCUT2D eigenvalue weighted by molar-refractivity contribution is -0.157. The summed E-state index contributed by atoms with van der Waals surface area (Å²) in [5.74, 6) is -5.63. The number of halogens is 2. The van der Waals surface area contributed by atoms with Crippen molar-refractivity contribution in [1.29, 1.82) is 0 Å². The van der Waals surface area contributed by atoms with E-state index in [1.54, 1.807) is 4.90 Å². The summed E-state index contributed by atoms with van der Waals surface area (Å²) < 4.78 is 26.4. The Balaban J connectivity index is 2.09. The Hall–Kier alpha value is -2.02. The summed E-state index contributed by atoms with van der Waals surface area (Å²) in [6, 6.07) is 3.22. The largest absolute Gasteiger partial charge is 0.481 e. The molecule has 2 N–H and O–H groups in total.